The molecule has 33 heavy (non-hydrogen) atoms. The maximum atomic E-state index is 12.8. The molecular formula is C30H39NO2. The Hall–Kier alpha value is -2.60. The maximum Gasteiger partial charge on any atom is 0.314 e. The number of benzene rings is 2. The Morgan fingerprint density at radius 1 is 1.00 bits per heavy atom. The summed E-state index contributed by atoms with van der Waals surface area (Å²) in [5.74, 6) is 1.32. The van der Waals surface area contributed by atoms with Crippen molar-refractivity contribution in [2.24, 2.45) is 11.8 Å². The molecule has 2 aromatic carbocycles. The quantitative estimate of drug-likeness (QED) is 0.213. The predicted molar refractivity (Wildman–Crippen MR) is 134 cm³/mol. The second-order valence-corrected chi connectivity index (χ2v) is 10.1. The molecule has 0 radical (unpaired) electrons. The zero-order valence-electron chi connectivity index (χ0n) is 20.6. The van der Waals surface area contributed by atoms with Crippen LogP contribution in [0.3, 0.4) is 0 Å². The minimum Gasteiger partial charge on any atom is -0.425 e. The number of nitriles is 1. The number of carbonyl (C=O) groups excluding carboxylic acids is 1. The smallest absolute Gasteiger partial charge is 0.314 e. The van der Waals surface area contributed by atoms with Gasteiger partial charge in [-0.25, -0.2) is 0 Å². The summed E-state index contributed by atoms with van der Waals surface area (Å²) in [6, 6.07) is 16.9. The minimum atomic E-state index is -0.187. The van der Waals surface area contributed by atoms with Gasteiger partial charge in [0.15, 0.2) is 0 Å². The van der Waals surface area contributed by atoms with Crippen molar-refractivity contribution in [3.8, 4) is 11.8 Å². The summed E-state index contributed by atoms with van der Waals surface area (Å²) in [5.41, 5.74) is 4.38. The summed E-state index contributed by atoms with van der Waals surface area (Å²) >= 11 is 0. The topological polar surface area (TPSA) is 50.1 Å². The Bertz CT molecular complexity index is 931. The normalized spacial score (nSPS) is 18.2. The monoisotopic (exact) mass is 445 g/mol. The van der Waals surface area contributed by atoms with E-state index in [2.05, 4.69) is 51.1 Å². The Kier molecular flexibility index (Phi) is 9.55. The Morgan fingerprint density at radius 2 is 1.70 bits per heavy atom. The van der Waals surface area contributed by atoms with Crippen molar-refractivity contribution in [2.75, 3.05) is 0 Å². The van der Waals surface area contributed by atoms with E-state index < -0.39 is 0 Å². The summed E-state index contributed by atoms with van der Waals surface area (Å²) in [6.07, 6.45) is 10.6. The van der Waals surface area contributed by atoms with Gasteiger partial charge in [0.25, 0.3) is 0 Å². The summed E-state index contributed by atoms with van der Waals surface area (Å²) in [5, 5.41) is 9.56. The lowest BCUT2D eigenvalue weighted by atomic mass is 9.78. The van der Waals surface area contributed by atoms with Gasteiger partial charge in [0.2, 0.25) is 0 Å². The second kappa shape index (κ2) is 12.6. The molecule has 0 aromatic heterocycles. The molecular weight excluding hydrogens is 406 g/mol. The first kappa shape index (κ1) is 25.0. The first-order chi connectivity index (χ1) is 16.0. The van der Waals surface area contributed by atoms with Gasteiger partial charge in [0.05, 0.1) is 11.5 Å². The third kappa shape index (κ3) is 7.46. The van der Waals surface area contributed by atoms with Crippen LogP contribution in [0.2, 0.25) is 0 Å². The van der Waals surface area contributed by atoms with E-state index in [1.54, 1.807) is 6.07 Å². The molecule has 0 aliphatic heterocycles. The van der Waals surface area contributed by atoms with Crippen LogP contribution in [0.15, 0.2) is 42.5 Å². The number of unbranched alkanes of at least 4 members (excludes halogenated alkanes) is 3. The Balaban J connectivity index is 1.52. The molecule has 3 heteroatoms. The van der Waals surface area contributed by atoms with E-state index in [1.807, 2.05) is 12.1 Å². The molecule has 1 fully saturated rings. The molecule has 1 aliphatic carbocycles. The number of hydrogen-bond donors (Lipinski definition) is 0. The first-order valence-electron chi connectivity index (χ1n) is 12.8. The van der Waals surface area contributed by atoms with Crippen molar-refractivity contribution in [3.05, 3.63) is 64.7 Å². The van der Waals surface area contributed by atoms with Gasteiger partial charge < -0.3 is 4.74 Å². The molecule has 0 saturated heterocycles. The van der Waals surface area contributed by atoms with Crippen molar-refractivity contribution in [1.29, 1.82) is 5.26 Å². The zero-order valence-corrected chi connectivity index (χ0v) is 20.6. The largest absolute Gasteiger partial charge is 0.425 e. The third-order valence-corrected chi connectivity index (χ3v) is 6.85. The first-order valence-corrected chi connectivity index (χ1v) is 12.8. The van der Waals surface area contributed by atoms with Crippen LogP contribution in [0.5, 0.6) is 5.75 Å². The highest BCUT2D eigenvalue weighted by atomic mass is 16.5. The molecule has 0 unspecified atom stereocenters. The SMILES string of the molecule is CCCCCCc1ccc(OC(=O)C2CCC(c3ccc(CC(C)C)cc3)CC2)c(C#N)c1. The molecule has 0 N–H and O–H groups in total. The average molecular weight is 446 g/mol. The van der Waals surface area contributed by atoms with Gasteiger partial charge in [-0.3, -0.25) is 4.79 Å². The van der Waals surface area contributed by atoms with Crippen LogP contribution < -0.4 is 4.74 Å². The molecule has 2 aromatic rings. The molecule has 176 valence electrons. The standard InChI is InChI=1S/C30H39NO2/c1-4-5-6-7-8-23-11-18-29(28(20-23)21-31)33-30(32)27-16-14-26(15-17-27)25-12-9-24(10-13-25)19-22(2)3/h9-13,18,20,22,26-27H,4-8,14-17,19H2,1-3H3. The van der Waals surface area contributed by atoms with E-state index in [0.29, 0.717) is 23.1 Å². The van der Waals surface area contributed by atoms with Gasteiger partial charge in [0.1, 0.15) is 11.8 Å². The second-order valence-electron chi connectivity index (χ2n) is 10.1. The highest BCUT2D eigenvalue weighted by Crippen LogP contribution is 2.37. The van der Waals surface area contributed by atoms with Crippen LogP contribution in [0, 0.1) is 23.2 Å². The van der Waals surface area contributed by atoms with Crippen LogP contribution >= 0.6 is 0 Å². The van der Waals surface area contributed by atoms with E-state index in [1.165, 1.54) is 30.4 Å². The van der Waals surface area contributed by atoms with Crippen molar-refractivity contribution in [1.82, 2.24) is 0 Å². The number of nitrogens with zero attached hydrogens (tertiary/aromatic N) is 1. The van der Waals surface area contributed by atoms with E-state index in [4.69, 9.17) is 4.74 Å². The lowest BCUT2D eigenvalue weighted by Gasteiger charge is -2.27. The Labute approximate surface area is 200 Å². The molecule has 0 amide bonds. The molecule has 0 atom stereocenters. The van der Waals surface area contributed by atoms with Crippen molar-refractivity contribution in [3.63, 3.8) is 0 Å². The number of hydrogen-bond acceptors (Lipinski definition) is 3. The van der Waals surface area contributed by atoms with Gasteiger partial charge >= 0.3 is 5.97 Å². The highest BCUT2D eigenvalue weighted by molar-refractivity contribution is 5.76. The van der Waals surface area contributed by atoms with Crippen LogP contribution in [0.25, 0.3) is 0 Å². The lowest BCUT2D eigenvalue weighted by Crippen LogP contribution is -2.25. The fourth-order valence-electron chi connectivity index (χ4n) is 4.92. The molecule has 1 saturated carbocycles. The highest BCUT2D eigenvalue weighted by Gasteiger charge is 2.29. The summed E-state index contributed by atoms with van der Waals surface area (Å²) in [6.45, 7) is 6.70. The molecule has 3 nitrogen and oxygen atoms in total. The summed E-state index contributed by atoms with van der Waals surface area (Å²) in [7, 11) is 0. The van der Waals surface area contributed by atoms with Gasteiger partial charge in [-0.15, -0.1) is 0 Å². The van der Waals surface area contributed by atoms with Crippen molar-refractivity contribution in [2.45, 2.75) is 90.9 Å². The van der Waals surface area contributed by atoms with Gasteiger partial charge in [-0.1, -0.05) is 70.4 Å². The molecule has 0 bridgehead atoms. The summed E-state index contributed by atoms with van der Waals surface area (Å²) < 4.78 is 5.71. The maximum absolute atomic E-state index is 12.8. The number of ether oxygens (including phenoxy) is 1. The van der Waals surface area contributed by atoms with Gasteiger partial charge in [-0.2, -0.15) is 5.26 Å². The zero-order chi connectivity index (χ0) is 23.6. The van der Waals surface area contributed by atoms with Crippen LogP contribution in [-0.2, 0) is 17.6 Å². The van der Waals surface area contributed by atoms with E-state index in [9.17, 15) is 10.1 Å². The summed E-state index contributed by atoms with van der Waals surface area (Å²) in [4.78, 5) is 12.8. The van der Waals surface area contributed by atoms with E-state index in [0.717, 1.165) is 50.5 Å². The number of esters is 1. The minimum absolute atomic E-state index is 0.0817. The number of carbonyl (C=O) groups is 1. The third-order valence-electron chi connectivity index (χ3n) is 6.85. The molecule has 0 heterocycles. The Morgan fingerprint density at radius 3 is 2.33 bits per heavy atom. The van der Waals surface area contributed by atoms with Gasteiger partial charge in [-0.05, 0) is 85.6 Å². The van der Waals surface area contributed by atoms with Gasteiger partial charge in [0, 0.05) is 0 Å². The van der Waals surface area contributed by atoms with E-state index >= 15 is 0 Å². The fourth-order valence-corrected chi connectivity index (χ4v) is 4.92. The number of rotatable bonds is 10. The van der Waals surface area contributed by atoms with Crippen molar-refractivity contribution >= 4 is 5.97 Å². The van der Waals surface area contributed by atoms with Crippen LogP contribution in [0.4, 0.5) is 0 Å². The van der Waals surface area contributed by atoms with Crippen LogP contribution in [0.1, 0.15) is 100 Å². The van der Waals surface area contributed by atoms with E-state index in [-0.39, 0.29) is 11.9 Å². The molecule has 0 spiro atoms. The number of aryl methyl sites for hydroxylation is 1. The lowest BCUT2D eigenvalue weighted by molar-refractivity contribution is -0.140. The van der Waals surface area contributed by atoms with Crippen molar-refractivity contribution < 1.29 is 9.53 Å². The fraction of sp³-hybridized carbons (Fsp3) is 0.533. The average Bonchev–Trinajstić information content (AvgIpc) is 2.83. The predicted octanol–water partition coefficient (Wildman–Crippen LogP) is 7.76. The van der Waals surface area contributed by atoms with Crippen LogP contribution in [-0.4, -0.2) is 5.97 Å². The molecule has 1 aliphatic rings. The molecule has 3 rings (SSSR count).